The predicted octanol–water partition coefficient (Wildman–Crippen LogP) is 4.82. The van der Waals surface area contributed by atoms with Crippen molar-refractivity contribution in [3.63, 3.8) is 0 Å². The van der Waals surface area contributed by atoms with Crippen LogP contribution in [0.3, 0.4) is 0 Å². The Morgan fingerprint density at radius 3 is 2.33 bits per heavy atom. The monoisotopic (exact) mass is 463 g/mol. The summed E-state index contributed by atoms with van der Waals surface area (Å²) in [6.07, 6.45) is 0.709. The molecule has 1 aliphatic rings. The van der Waals surface area contributed by atoms with E-state index in [1.54, 1.807) is 18.2 Å². The fourth-order valence-electron chi connectivity index (χ4n) is 3.68. The lowest BCUT2D eigenvalue weighted by Crippen LogP contribution is -2.52. The van der Waals surface area contributed by atoms with Crippen LogP contribution in [-0.2, 0) is 22.4 Å². The van der Waals surface area contributed by atoms with Gasteiger partial charge in [-0.1, -0.05) is 31.0 Å². The second kappa shape index (κ2) is 9.97. The van der Waals surface area contributed by atoms with E-state index in [0.717, 1.165) is 25.0 Å². The molecule has 0 heterocycles. The van der Waals surface area contributed by atoms with Gasteiger partial charge in [0.15, 0.2) is 11.5 Å². The molecule has 2 aromatic rings. The number of aliphatic carboxylic acids is 1. The minimum atomic E-state index is -4.39. The van der Waals surface area contributed by atoms with Crippen LogP contribution in [0, 0.1) is 0 Å². The summed E-state index contributed by atoms with van der Waals surface area (Å²) in [5, 5.41) is 12.1. The van der Waals surface area contributed by atoms with Gasteiger partial charge in [0.25, 0.3) is 0 Å². The Bertz CT molecular complexity index is 1030. The van der Waals surface area contributed by atoms with Gasteiger partial charge in [0, 0.05) is 6.08 Å². The minimum Gasteiger partial charge on any atom is -0.493 e. The molecule has 33 heavy (non-hydrogen) atoms. The molecule has 3 rings (SSSR count). The number of methoxy groups -OCH3 is 1. The molecule has 0 aromatic heterocycles. The zero-order valence-electron chi connectivity index (χ0n) is 17.9. The molecule has 1 aliphatic carbocycles. The van der Waals surface area contributed by atoms with E-state index in [1.165, 1.54) is 31.4 Å². The lowest BCUT2D eigenvalue weighted by molar-refractivity contribution is -0.146. The van der Waals surface area contributed by atoms with E-state index < -0.39 is 29.2 Å². The second-order valence-electron chi connectivity index (χ2n) is 7.81. The van der Waals surface area contributed by atoms with Crippen molar-refractivity contribution in [3.8, 4) is 11.5 Å². The van der Waals surface area contributed by atoms with Gasteiger partial charge in [0.05, 0.1) is 12.7 Å². The van der Waals surface area contributed by atoms with Gasteiger partial charge in [-0.25, -0.2) is 4.79 Å². The predicted molar refractivity (Wildman–Crippen MR) is 115 cm³/mol. The van der Waals surface area contributed by atoms with Gasteiger partial charge in [-0.15, -0.1) is 0 Å². The first-order chi connectivity index (χ1) is 15.6. The fraction of sp³-hybridized carbons (Fsp3) is 0.333. The van der Waals surface area contributed by atoms with Crippen molar-refractivity contribution in [3.05, 3.63) is 65.2 Å². The van der Waals surface area contributed by atoms with Crippen molar-refractivity contribution in [2.24, 2.45) is 0 Å². The molecule has 0 saturated heterocycles. The van der Waals surface area contributed by atoms with E-state index in [0.29, 0.717) is 35.5 Å². The quantitative estimate of drug-likeness (QED) is 0.549. The van der Waals surface area contributed by atoms with E-state index in [1.807, 2.05) is 0 Å². The third-order valence-electron chi connectivity index (χ3n) is 5.52. The highest BCUT2D eigenvalue weighted by molar-refractivity contribution is 5.96. The smallest absolute Gasteiger partial charge is 0.416 e. The highest BCUT2D eigenvalue weighted by atomic mass is 19.4. The molecule has 1 fully saturated rings. The Morgan fingerprint density at radius 2 is 1.76 bits per heavy atom. The standard InChI is InChI=1S/C24H24F3NO5/c1-32-20-14-16(7-11-21(29)28-23(22(30)31)12-2-3-13-23)6-10-19(20)33-15-17-4-8-18(9-5-17)24(25,26)27/h4-11,14H,2-3,12-13,15H2,1H3,(H,28,29)(H,30,31)/b11-7+. The molecule has 2 N–H and O–H groups in total. The molecule has 6 nitrogen and oxygen atoms in total. The van der Waals surface area contributed by atoms with Crippen LogP contribution in [-0.4, -0.2) is 29.6 Å². The molecule has 1 amide bonds. The lowest BCUT2D eigenvalue weighted by atomic mass is 9.98. The average Bonchev–Trinajstić information content (AvgIpc) is 3.26. The Morgan fingerprint density at radius 1 is 1.09 bits per heavy atom. The number of carbonyl (C=O) groups is 2. The van der Waals surface area contributed by atoms with Crippen molar-refractivity contribution in [1.82, 2.24) is 5.32 Å². The number of nitrogens with one attached hydrogen (secondary N) is 1. The minimum absolute atomic E-state index is 0.0450. The summed E-state index contributed by atoms with van der Waals surface area (Å²) in [5.74, 6) is -0.768. The Balaban J connectivity index is 1.63. The van der Waals surface area contributed by atoms with Gasteiger partial charge in [0.2, 0.25) is 5.91 Å². The number of amides is 1. The molecular formula is C24H24F3NO5. The van der Waals surface area contributed by atoms with Crippen molar-refractivity contribution in [2.45, 2.75) is 44.0 Å². The van der Waals surface area contributed by atoms with E-state index in [9.17, 15) is 27.9 Å². The first-order valence-corrected chi connectivity index (χ1v) is 10.3. The molecular weight excluding hydrogens is 439 g/mol. The molecule has 0 aliphatic heterocycles. The number of carboxylic acids is 1. The molecule has 1 saturated carbocycles. The number of carbonyl (C=O) groups excluding carboxylic acids is 1. The van der Waals surface area contributed by atoms with Crippen LogP contribution < -0.4 is 14.8 Å². The number of benzene rings is 2. The Labute approximate surface area is 189 Å². The number of hydrogen-bond donors (Lipinski definition) is 2. The van der Waals surface area contributed by atoms with Crippen LogP contribution in [0.25, 0.3) is 6.08 Å². The maximum atomic E-state index is 12.7. The molecule has 0 atom stereocenters. The fourth-order valence-corrected chi connectivity index (χ4v) is 3.68. The van der Waals surface area contributed by atoms with E-state index >= 15 is 0 Å². The first-order valence-electron chi connectivity index (χ1n) is 10.3. The van der Waals surface area contributed by atoms with Crippen LogP contribution in [0.4, 0.5) is 13.2 Å². The molecule has 176 valence electrons. The van der Waals surface area contributed by atoms with Crippen molar-refractivity contribution in [1.29, 1.82) is 0 Å². The summed E-state index contributed by atoms with van der Waals surface area (Å²) in [4.78, 5) is 23.8. The third kappa shape index (κ3) is 6.06. The number of carboxylic acid groups (broad SMARTS) is 1. The van der Waals surface area contributed by atoms with E-state index in [2.05, 4.69) is 5.32 Å². The molecule has 2 aromatic carbocycles. The molecule has 9 heteroatoms. The summed E-state index contributed by atoms with van der Waals surface area (Å²) in [7, 11) is 1.44. The highest BCUT2D eigenvalue weighted by Gasteiger charge is 2.42. The Kier molecular flexibility index (Phi) is 7.30. The van der Waals surface area contributed by atoms with Crippen molar-refractivity contribution in [2.75, 3.05) is 7.11 Å². The van der Waals surface area contributed by atoms with Crippen LogP contribution >= 0.6 is 0 Å². The summed E-state index contributed by atoms with van der Waals surface area (Å²) >= 11 is 0. The first kappa shape index (κ1) is 24.2. The number of halogens is 3. The third-order valence-corrected chi connectivity index (χ3v) is 5.52. The maximum Gasteiger partial charge on any atom is 0.416 e. The topological polar surface area (TPSA) is 84.9 Å². The summed E-state index contributed by atoms with van der Waals surface area (Å²) in [6.45, 7) is 0.0450. The van der Waals surface area contributed by atoms with Gasteiger partial charge in [-0.2, -0.15) is 13.2 Å². The van der Waals surface area contributed by atoms with Gasteiger partial charge in [0.1, 0.15) is 12.1 Å². The SMILES string of the molecule is COc1cc(/C=C/C(=O)NC2(C(=O)O)CCCC2)ccc1OCc1ccc(C(F)(F)F)cc1. The summed E-state index contributed by atoms with van der Waals surface area (Å²) < 4.78 is 49.0. The van der Waals surface area contributed by atoms with E-state index in [-0.39, 0.29) is 6.61 Å². The largest absolute Gasteiger partial charge is 0.493 e. The zero-order chi connectivity index (χ0) is 24.1. The summed E-state index contributed by atoms with van der Waals surface area (Å²) in [6, 6.07) is 9.61. The molecule has 0 spiro atoms. The van der Waals surface area contributed by atoms with Crippen LogP contribution in [0.2, 0.25) is 0 Å². The number of rotatable bonds is 8. The van der Waals surface area contributed by atoms with Crippen LogP contribution in [0.15, 0.2) is 48.5 Å². The summed E-state index contributed by atoms with van der Waals surface area (Å²) in [5.41, 5.74) is -0.759. The average molecular weight is 463 g/mol. The van der Waals surface area contributed by atoms with Crippen LogP contribution in [0.1, 0.15) is 42.4 Å². The zero-order valence-corrected chi connectivity index (χ0v) is 17.9. The maximum absolute atomic E-state index is 12.7. The van der Waals surface area contributed by atoms with Gasteiger partial charge in [-0.05, 0) is 54.3 Å². The molecule has 0 bridgehead atoms. The van der Waals surface area contributed by atoms with Crippen molar-refractivity contribution < 1.29 is 37.3 Å². The van der Waals surface area contributed by atoms with Crippen molar-refractivity contribution >= 4 is 18.0 Å². The molecule has 0 radical (unpaired) electrons. The number of ether oxygens (including phenoxy) is 2. The number of alkyl halides is 3. The van der Waals surface area contributed by atoms with E-state index in [4.69, 9.17) is 9.47 Å². The number of hydrogen-bond acceptors (Lipinski definition) is 4. The Hall–Kier alpha value is -3.49. The lowest BCUT2D eigenvalue weighted by Gasteiger charge is -2.24. The van der Waals surface area contributed by atoms with Gasteiger partial charge in [-0.3, -0.25) is 4.79 Å². The van der Waals surface area contributed by atoms with Crippen LogP contribution in [0.5, 0.6) is 11.5 Å². The second-order valence-corrected chi connectivity index (χ2v) is 7.81. The molecule has 0 unspecified atom stereocenters. The normalized spacial score (nSPS) is 15.4. The van der Waals surface area contributed by atoms with Gasteiger partial charge < -0.3 is 19.9 Å². The highest BCUT2D eigenvalue weighted by Crippen LogP contribution is 2.32. The van der Waals surface area contributed by atoms with Gasteiger partial charge >= 0.3 is 12.1 Å².